The predicted octanol–water partition coefficient (Wildman–Crippen LogP) is 6.21. The largest absolute Gasteiger partial charge is 0.466 e. The second-order valence-corrected chi connectivity index (χ2v) is 14.6. The van der Waals surface area contributed by atoms with Gasteiger partial charge < -0.3 is 24.1 Å². The van der Waals surface area contributed by atoms with Crippen LogP contribution in [0.25, 0.3) is 10.9 Å². The molecule has 3 aromatic rings. The topological polar surface area (TPSA) is 102 Å². The summed E-state index contributed by atoms with van der Waals surface area (Å²) < 4.78 is 20.3. The molecule has 10 nitrogen and oxygen atoms in total. The number of ether oxygens (including phenoxy) is 3. The summed E-state index contributed by atoms with van der Waals surface area (Å²) in [7, 11) is 1.90. The number of aromatic nitrogens is 1. The maximum atomic E-state index is 15.0. The minimum atomic E-state index is -1.29. The van der Waals surface area contributed by atoms with Crippen molar-refractivity contribution in [3.8, 4) is 0 Å². The van der Waals surface area contributed by atoms with Crippen LogP contribution in [0.4, 0.5) is 5.69 Å². The molecule has 0 unspecified atom stereocenters. The smallest absolute Gasteiger partial charge is 0.308 e. The van der Waals surface area contributed by atoms with Gasteiger partial charge in [0.1, 0.15) is 0 Å². The molecule has 3 aliphatic heterocycles. The lowest BCUT2D eigenvalue weighted by atomic mass is 9.87. The van der Waals surface area contributed by atoms with E-state index in [-0.39, 0.29) is 48.2 Å². The molecule has 49 heavy (non-hydrogen) atoms. The summed E-state index contributed by atoms with van der Waals surface area (Å²) in [6.45, 7) is 4.85. The molecule has 1 N–H and O–H groups in total. The Kier molecular flexibility index (Phi) is 10.1. The fourth-order valence-corrected chi connectivity index (χ4v) is 8.71. The summed E-state index contributed by atoms with van der Waals surface area (Å²) in [6.07, 6.45) is 7.14. The van der Waals surface area contributed by atoms with E-state index < -0.39 is 5.85 Å². The number of Topliss-reactive ketones (excluding diaryl/α,β-unsaturated/α-hetero) is 1. The molecular weight excluding hydrogens is 667 g/mol. The second-order valence-electron chi connectivity index (χ2n) is 13.8. The van der Waals surface area contributed by atoms with Crippen molar-refractivity contribution in [3.05, 3.63) is 63.8 Å². The molecule has 1 amide bonds. The Labute approximate surface area is 296 Å². The number of hydrogen-bond acceptors (Lipinski definition) is 8. The number of para-hydroxylation sites is 1. The summed E-state index contributed by atoms with van der Waals surface area (Å²) in [4.78, 5) is 45.3. The number of ketones is 1. The van der Waals surface area contributed by atoms with Gasteiger partial charge in [-0.3, -0.25) is 19.3 Å². The maximum absolute atomic E-state index is 15.0. The first-order valence-corrected chi connectivity index (χ1v) is 18.3. The summed E-state index contributed by atoms with van der Waals surface area (Å²) in [5.74, 6) is -1.99. The van der Waals surface area contributed by atoms with Crippen LogP contribution in [-0.4, -0.2) is 89.0 Å². The molecule has 2 bridgehead atoms. The number of morpholine rings is 1. The monoisotopic (exact) mass is 710 g/mol. The van der Waals surface area contributed by atoms with Crippen molar-refractivity contribution in [3.63, 3.8) is 0 Å². The average Bonchev–Trinajstić information content (AvgIpc) is 3.93. The number of benzene rings is 2. The van der Waals surface area contributed by atoms with Gasteiger partial charge in [0.05, 0.1) is 47.6 Å². The van der Waals surface area contributed by atoms with Gasteiger partial charge in [0.2, 0.25) is 5.85 Å². The highest BCUT2D eigenvalue weighted by Gasteiger charge is 2.58. The van der Waals surface area contributed by atoms with E-state index in [0.717, 1.165) is 43.3 Å². The molecule has 4 fully saturated rings. The first kappa shape index (κ1) is 34.5. The van der Waals surface area contributed by atoms with E-state index in [1.807, 2.05) is 42.8 Å². The Morgan fingerprint density at radius 2 is 1.80 bits per heavy atom. The first-order chi connectivity index (χ1) is 23.7. The lowest BCUT2D eigenvalue weighted by molar-refractivity contribution is -0.267. The number of carbonyl (C=O) groups excluding carboxylic acids is 3. The summed E-state index contributed by atoms with van der Waals surface area (Å²) in [5, 5.41) is 4.38. The number of anilines is 1. The number of fused-ring (bicyclic) bond motifs is 3. The number of carbonyl (C=O) groups is 3. The van der Waals surface area contributed by atoms with Gasteiger partial charge in [-0.25, -0.2) is 4.90 Å². The molecule has 3 atom stereocenters. The Morgan fingerprint density at radius 1 is 1.04 bits per heavy atom. The minimum Gasteiger partial charge on any atom is -0.466 e. The van der Waals surface area contributed by atoms with E-state index in [1.54, 1.807) is 18.3 Å². The second kappa shape index (κ2) is 14.3. The number of aryl methyl sites for hydroxylation is 1. The number of nitrogens with one attached hydrogen (secondary N) is 1. The lowest BCUT2D eigenvalue weighted by Crippen LogP contribution is -2.70. The Hall–Kier alpha value is -2.99. The first-order valence-electron chi connectivity index (χ1n) is 17.5. The van der Waals surface area contributed by atoms with Crippen LogP contribution in [0.15, 0.2) is 42.6 Å². The molecule has 2 aromatic carbocycles. The molecule has 0 spiro atoms. The zero-order chi connectivity index (χ0) is 34.3. The van der Waals surface area contributed by atoms with E-state index in [4.69, 9.17) is 37.4 Å². The van der Waals surface area contributed by atoms with Crippen molar-refractivity contribution in [2.75, 3.05) is 38.2 Å². The number of amides is 1. The third-order valence-electron chi connectivity index (χ3n) is 10.7. The normalized spacial score (nSPS) is 25.5. The van der Waals surface area contributed by atoms with Crippen LogP contribution in [0.3, 0.4) is 0 Å². The molecule has 1 aliphatic carbocycles. The fraction of sp³-hybridized carbons (Fsp3) is 0.541. The molecule has 3 saturated heterocycles. The maximum Gasteiger partial charge on any atom is 0.308 e. The fourth-order valence-electron chi connectivity index (χ4n) is 8.25. The highest BCUT2D eigenvalue weighted by molar-refractivity contribution is 6.36. The molecular formula is C37H44Cl2N4O6. The van der Waals surface area contributed by atoms with Gasteiger partial charge in [0.15, 0.2) is 5.78 Å². The Morgan fingerprint density at radius 3 is 2.49 bits per heavy atom. The van der Waals surface area contributed by atoms with Crippen molar-refractivity contribution < 1.29 is 28.6 Å². The van der Waals surface area contributed by atoms with Crippen LogP contribution in [0, 0.1) is 5.92 Å². The van der Waals surface area contributed by atoms with E-state index >= 15 is 0 Å². The number of esters is 1. The zero-order valence-electron chi connectivity index (χ0n) is 28.1. The van der Waals surface area contributed by atoms with E-state index in [9.17, 15) is 14.4 Å². The van der Waals surface area contributed by atoms with Crippen molar-refractivity contribution in [2.24, 2.45) is 13.0 Å². The molecule has 262 valence electrons. The van der Waals surface area contributed by atoms with E-state index in [0.29, 0.717) is 72.3 Å². The van der Waals surface area contributed by atoms with Crippen molar-refractivity contribution in [1.82, 2.24) is 14.4 Å². The van der Waals surface area contributed by atoms with E-state index in [1.165, 1.54) is 0 Å². The van der Waals surface area contributed by atoms with Crippen molar-refractivity contribution in [1.29, 1.82) is 0 Å². The van der Waals surface area contributed by atoms with E-state index in [2.05, 4.69) is 15.1 Å². The number of likely N-dealkylation sites (tertiary alicyclic amines) is 2. The third kappa shape index (κ3) is 6.64. The number of nitrogens with zero attached hydrogens (tertiary/aromatic N) is 3. The number of halogens is 2. The molecule has 7 rings (SSSR count). The Balaban J connectivity index is 1.15. The minimum absolute atomic E-state index is 0.000479. The SMILES string of the molecule is CCOC(=O)C1CCC(O[C@@](C(=O)Cc2cc(Cl)c(NC(=O)c3cn(C)c4ccccc34)cc2Cl)(N2CCCC2)N2C[C@H]3C[C@H]2CO3)CC1. The van der Waals surface area contributed by atoms with Gasteiger partial charge in [-0.15, -0.1) is 0 Å². The highest BCUT2D eigenvalue weighted by atomic mass is 35.5. The van der Waals surface area contributed by atoms with Gasteiger partial charge >= 0.3 is 5.97 Å². The third-order valence-corrected chi connectivity index (χ3v) is 11.4. The summed E-state index contributed by atoms with van der Waals surface area (Å²) in [6, 6.07) is 11.1. The van der Waals surface area contributed by atoms with Gasteiger partial charge in [-0.05, 0) is 75.6 Å². The highest BCUT2D eigenvalue weighted by Crippen LogP contribution is 2.42. The van der Waals surface area contributed by atoms with Crippen LogP contribution in [0.2, 0.25) is 10.0 Å². The molecule has 0 radical (unpaired) electrons. The Bertz CT molecular complexity index is 1730. The number of rotatable bonds is 11. The average molecular weight is 712 g/mol. The van der Waals surface area contributed by atoms with Crippen LogP contribution in [0.1, 0.15) is 67.8 Å². The van der Waals surface area contributed by atoms with Crippen molar-refractivity contribution in [2.45, 2.75) is 82.4 Å². The van der Waals surface area contributed by atoms with Crippen LogP contribution in [0.5, 0.6) is 0 Å². The molecule has 12 heteroatoms. The van der Waals surface area contributed by atoms with Crippen molar-refractivity contribution >= 4 is 57.5 Å². The lowest BCUT2D eigenvalue weighted by Gasteiger charge is -2.51. The molecule has 4 aliphatic rings. The van der Waals surface area contributed by atoms with Gasteiger partial charge in [-0.1, -0.05) is 41.4 Å². The van der Waals surface area contributed by atoms with Gasteiger partial charge in [0.25, 0.3) is 5.91 Å². The summed E-state index contributed by atoms with van der Waals surface area (Å²) in [5.41, 5.74) is 2.41. The molecule has 1 saturated carbocycles. The standard InChI is InChI=1S/C37H44Cl2N4O6/c1-3-47-36(46)23-10-12-26(13-11-23)49-37(42-14-6-7-15-42,43-20-27-18-25(43)22-48-27)34(44)17-24-16-31(39)32(19-30(24)38)40-35(45)29-21-41(2)33-9-5-4-8-28(29)33/h4-5,8-9,16,19,21,23,25-27H,3,6-7,10-15,17-18,20,22H2,1-2H3,(H,40,45)/t23?,25-,26?,27+,37-/m0/s1. The molecule has 4 heterocycles. The molecule has 1 aromatic heterocycles. The number of hydrogen-bond donors (Lipinski definition) is 1. The quantitative estimate of drug-likeness (QED) is 0.235. The summed E-state index contributed by atoms with van der Waals surface area (Å²) >= 11 is 13.7. The predicted molar refractivity (Wildman–Crippen MR) is 188 cm³/mol. The van der Waals surface area contributed by atoms with Gasteiger partial charge in [0, 0.05) is 61.3 Å². The van der Waals surface area contributed by atoms with Crippen LogP contribution in [-0.2, 0) is 37.3 Å². The van der Waals surface area contributed by atoms with Crippen LogP contribution < -0.4 is 5.32 Å². The van der Waals surface area contributed by atoms with Gasteiger partial charge in [-0.2, -0.15) is 0 Å². The zero-order valence-corrected chi connectivity index (χ0v) is 29.6. The van der Waals surface area contributed by atoms with Crippen LogP contribution >= 0.6 is 23.2 Å².